The van der Waals surface area contributed by atoms with E-state index in [2.05, 4.69) is 0 Å². The third kappa shape index (κ3) is 5.85. The molecule has 0 amide bonds. The van der Waals surface area contributed by atoms with Crippen molar-refractivity contribution in [2.75, 3.05) is 20.6 Å². The lowest BCUT2D eigenvalue weighted by atomic mass is 9.95. The van der Waals surface area contributed by atoms with E-state index < -0.39 is 0 Å². The van der Waals surface area contributed by atoms with Crippen LogP contribution in [0, 0.1) is 0 Å². The van der Waals surface area contributed by atoms with Gasteiger partial charge in [0, 0.05) is 11.6 Å². The number of carbonyl (C=O) groups is 1. The number of halogens is 1. The number of likely N-dealkylation sites (N-methyl/N-ethyl adjacent to an activating group) is 1. The van der Waals surface area contributed by atoms with E-state index in [4.69, 9.17) is 11.6 Å². The Kier molecular flexibility index (Phi) is 7.85. The molecule has 0 bridgehead atoms. The molecule has 0 heterocycles. The van der Waals surface area contributed by atoms with Crippen molar-refractivity contribution < 1.29 is 4.79 Å². The van der Waals surface area contributed by atoms with Crippen molar-refractivity contribution in [3.05, 3.63) is 34.9 Å². The minimum absolute atomic E-state index is 0.0581. The summed E-state index contributed by atoms with van der Waals surface area (Å²) in [6.07, 6.45) is 0. The molecule has 0 radical (unpaired) electrons. The number of rotatable bonds is 4. The number of hydrogen-bond acceptors (Lipinski definition) is 2. The first-order valence-corrected chi connectivity index (χ1v) is 6.29. The van der Waals surface area contributed by atoms with Crippen molar-refractivity contribution in [2.45, 2.75) is 26.7 Å². The molecule has 96 valence electrons. The third-order valence-corrected chi connectivity index (χ3v) is 2.56. The number of Topliss-reactive ketones (excluding diaryl/α,β-unsaturated/α-hetero) is 1. The Morgan fingerprint density at radius 2 is 1.71 bits per heavy atom. The summed E-state index contributed by atoms with van der Waals surface area (Å²) in [5.41, 5.74) is 1.03. The number of hydrogen-bond donors (Lipinski definition) is 0. The van der Waals surface area contributed by atoms with E-state index in [0.29, 0.717) is 5.02 Å². The molecule has 1 aromatic carbocycles. The maximum atomic E-state index is 11.5. The van der Waals surface area contributed by atoms with Gasteiger partial charge in [0.25, 0.3) is 0 Å². The van der Waals surface area contributed by atoms with Gasteiger partial charge in [-0.15, -0.1) is 0 Å². The Morgan fingerprint density at radius 1 is 1.24 bits per heavy atom. The van der Waals surface area contributed by atoms with Gasteiger partial charge in [0.1, 0.15) is 5.78 Å². The Labute approximate surface area is 110 Å². The van der Waals surface area contributed by atoms with E-state index in [1.165, 1.54) is 0 Å². The van der Waals surface area contributed by atoms with Crippen LogP contribution in [-0.2, 0) is 4.79 Å². The SMILES string of the molecule is CC.CC(=O)C(CN(C)C)c1ccc(Cl)cc1. The normalized spacial score (nSPS) is 11.7. The lowest BCUT2D eigenvalue weighted by molar-refractivity contribution is -0.118. The van der Waals surface area contributed by atoms with Crippen LogP contribution in [0.1, 0.15) is 32.3 Å². The molecule has 1 atom stereocenters. The van der Waals surface area contributed by atoms with Gasteiger partial charge in [0.05, 0.1) is 5.92 Å². The Morgan fingerprint density at radius 3 is 2.06 bits per heavy atom. The first-order chi connectivity index (χ1) is 8.00. The van der Waals surface area contributed by atoms with Crippen molar-refractivity contribution in [1.82, 2.24) is 4.90 Å². The van der Waals surface area contributed by atoms with Crippen LogP contribution in [-0.4, -0.2) is 31.3 Å². The zero-order valence-electron chi connectivity index (χ0n) is 11.3. The van der Waals surface area contributed by atoms with Crippen LogP contribution < -0.4 is 0 Å². The van der Waals surface area contributed by atoms with Crippen molar-refractivity contribution in [1.29, 1.82) is 0 Å². The number of ketones is 1. The molecule has 3 heteroatoms. The Bertz CT molecular complexity index is 333. The fourth-order valence-corrected chi connectivity index (χ4v) is 1.65. The molecule has 0 saturated carbocycles. The zero-order chi connectivity index (χ0) is 13.4. The summed E-state index contributed by atoms with van der Waals surface area (Å²) in [5, 5.41) is 0.700. The minimum atomic E-state index is -0.0581. The highest BCUT2D eigenvalue weighted by molar-refractivity contribution is 6.30. The van der Waals surface area contributed by atoms with E-state index in [-0.39, 0.29) is 11.7 Å². The minimum Gasteiger partial charge on any atom is -0.308 e. The fourth-order valence-electron chi connectivity index (χ4n) is 1.53. The molecule has 0 aromatic heterocycles. The van der Waals surface area contributed by atoms with Gasteiger partial charge in [-0.1, -0.05) is 37.6 Å². The number of carbonyl (C=O) groups excluding carboxylic acids is 1. The van der Waals surface area contributed by atoms with Gasteiger partial charge in [0.2, 0.25) is 0 Å². The molecule has 0 fully saturated rings. The van der Waals surface area contributed by atoms with Gasteiger partial charge in [0.15, 0.2) is 0 Å². The first kappa shape index (κ1) is 16.1. The van der Waals surface area contributed by atoms with Crippen LogP contribution in [0.4, 0.5) is 0 Å². The van der Waals surface area contributed by atoms with Gasteiger partial charge in [-0.05, 0) is 38.7 Å². The monoisotopic (exact) mass is 255 g/mol. The molecule has 0 saturated heterocycles. The highest BCUT2D eigenvalue weighted by Gasteiger charge is 2.17. The molecule has 1 aromatic rings. The summed E-state index contributed by atoms with van der Waals surface area (Å²) in [6.45, 7) is 6.36. The second-order valence-corrected chi connectivity index (χ2v) is 4.41. The highest BCUT2D eigenvalue weighted by atomic mass is 35.5. The topological polar surface area (TPSA) is 20.3 Å². The summed E-state index contributed by atoms with van der Waals surface area (Å²) in [7, 11) is 3.93. The lowest BCUT2D eigenvalue weighted by Crippen LogP contribution is -2.24. The van der Waals surface area contributed by atoms with Gasteiger partial charge in [-0.2, -0.15) is 0 Å². The lowest BCUT2D eigenvalue weighted by Gasteiger charge is -2.18. The molecule has 0 N–H and O–H groups in total. The van der Waals surface area contributed by atoms with Crippen molar-refractivity contribution in [2.24, 2.45) is 0 Å². The standard InChI is InChI=1S/C12H16ClNO.C2H6/c1-9(15)12(8-14(2)3)10-4-6-11(13)7-5-10;1-2/h4-7,12H,8H2,1-3H3;1-2H3. The van der Waals surface area contributed by atoms with Crippen molar-refractivity contribution in [3.8, 4) is 0 Å². The molecule has 1 unspecified atom stereocenters. The van der Waals surface area contributed by atoms with Crippen LogP contribution in [0.15, 0.2) is 24.3 Å². The van der Waals surface area contributed by atoms with E-state index in [1.54, 1.807) is 6.92 Å². The summed E-state index contributed by atoms with van der Waals surface area (Å²) < 4.78 is 0. The van der Waals surface area contributed by atoms with Crippen LogP contribution in [0.5, 0.6) is 0 Å². The van der Waals surface area contributed by atoms with E-state index >= 15 is 0 Å². The second-order valence-electron chi connectivity index (χ2n) is 3.98. The average Bonchev–Trinajstić information content (AvgIpc) is 2.29. The third-order valence-electron chi connectivity index (χ3n) is 2.31. The maximum absolute atomic E-state index is 11.5. The van der Waals surface area contributed by atoms with Crippen LogP contribution in [0.2, 0.25) is 5.02 Å². The fraction of sp³-hybridized carbons (Fsp3) is 0.500. The summed E-state index contributed by atoms with van der Waals surface area (Å²) in [5.74, 6) is 0.128. The average molecular weight is 256 g/mol. The number of benzene rings is 1. The van der Waals surface area contributed by atoms with Gasteiger partial charge >= 0.3 is 0 Å². The maximum Gasteiger partial charge on any atom is 0.138 e. The zero-order valence-corrected chi connectivity index (χ0v) is 12.1. The van der Waals surface area contributed by atoms with Crippen LogP contribution >= 0.6 is 11.6 Å². The molecule has 0 aliphatic carbocycles. The van der Waals surface area contributed by atoms with E-state index in [1.807, 2.05) is 57.1 Å². The molecule has 2 nitrogen and oxygen atoms in total. The Hall–Kier alpha value is -0.860. The predicted molar refractivity (Wildman–Crippen MR) is 74.8 cm³/mol. The van der Waals surface area contributed by atoms with Crippen LogP contribution in [0.3, 0.4) is 0 Å². The van der Waals surface area contributed by atoms with Gasteiger partial charge in [-0.3, -0.25) is 4.79 Å². The van der Waals surface area contributed by atoms with Crippen LogP contribution in [0.25, 0.3) is 0 Å². The summed E-state index contributed by atoms with van der Waals surface area (Å²) in [4.78, 5) is 13.5. The predicted octanol–water partition coefficient (Wildman–Crippen LogP) is 3.60. The van der Waals surface area contributed by atoms with E-state index in [0.717, 1.165) is 12.1 Å². The highest BCUT2D eigenvalue weighted by Crippen LogP contribution is 2.20. The summed E-state index contributed by atoms with van der Waals surface area (Å²) >= 11 is 5.81. The molecule has 0 spiro atoms. The molecule has 1 rings (SSSR count). The van der Waals surface area contributed by atoms with Gasteiger partial charge in [-0.25, -0.2) is 0 Å². The summed E-state index contributed by atoms with van der Waals surface area (Å²) in [6, 6.07) is 7.47. The van der Waals surface area contributed by atoms with Crippen molar-refractivity contribution >= 4 is 17.4 Å². The first-order valence-electron chi connectivity index (χ1n) is 5.91. The molecule has 0 aliphatic rings. The van der Waals surface area contributed by atoms with Gasteiger partial charge < -0.3 is 4.90 Å². The van der Waals surface area contributed by atoms with E-state index in [9.17, 15) is 4.79 Å². The molecule has 0 aliphatic heterocycles. The Balaban J connectivity index is 0.00000121. The second kappa shape index (κ2) is 8.26. The number of nitrogens with zero attached hydrogens (tertiary/aromatic N) is 1. The quantitative estimate of drug-likeness (QED) is 0.819. The largest absolute Gasteiger partial charge is 0.308 e. The van der Waals surface area contributed by atoms with Crippen molar-refractivity contribution in [3.63, 3.8) is 0 Å². The molecule has 17 heavy (non-hydrogen) atoms. The smallest absolute Gasteiger partial charge is 0.138 e. The molecular formula is C14H22ClNO. The molecular weight excluding hydrogens is 234 g/mol.